The third-order valence-electron chi connectivity index (χ3n) is 4.07. The summed E-state index contributed by atoms with van der Waals surface area (Å²) in [7, 11) is 0. The number of hydrogen-bond acceptors (Lipinski definition) is 8. The van der Waals surface area contributed by atoms with Crippen molar-refractivity contribution in [2.75, 3.05) is 0 Å². The SMILES string of the molecule is CC(C)C(NC(=O)C(N)C(C)O)C(=O)NC(CC(=O)O)C(=O)NC(CC(=O)O)C(=O)O. The molecule has 0 rings (SSSR count). The lowest BCUT2D eigenvalue weighted by Crippen LogP contribution is -2.59. The summed E-state index contributed by atoms with van der Waals surface area (Å²) in [5, 5.41) is 42.4. The molecule has 31 heavy (non-hydrogen) atoms. The zero-order valence-electron chi connectivity index (χ0n) is 17.2. The van der Waals surface area contributed by atoms with Crippen LogP contribution in [0.5, 0.6) is 0 Å². The van der Waals surface area contributed by atoms with E-state index in [1.165, 1.54) is 20.8 Å². The molecule has 0 aliphatic rings. The number of nitrogens with one attached hydrogen (secondary N) is 3. The van der Waals surface area contributed by atoms with Crippen molar-refractivity contribution in [3.63, 3.8) is 0 Å². The number of carbonyl (C=O) groups excluding carboxylic acids is 3. The van der Waals surface area contributed by atoms with Gasteiger partial charge in [0.2, 0.25) is 17.7 Å². The molecule has 9 N–H and O–H groups in total. The van der Waals surface area contributed by atoms with E-state index in [-0.39, 0.29) is 0 Å². The van der Waals surface area contributed by atoms with Gasteiger partial charge in [0.1, 0.15) is 24.2 Å². The van der Waals surface area contributed by atoms with Crippen LogP contribution in [-0.4, -0.2) is 86.3 Å². The predicted octanol–water partition coefficient (Wildman–Crippen LogP) is -3.16. The maximum Gasteiger partial charge on any atom is 0.326 e. The molecule has 5 unspecified atom stereocenters. The maximum absolute atomic E-state index is 12.6. The smallest absolute Gasteiger partial charge is 0.326 e. The average molecular weight is 448 g/mol. The van der Waals surface area contributed by atoms with E-state index in [2.05, 4.69) is 10.6 Å². The molecule has 3 amide bonds. The summed E-state index contributed by atoms with van der Waals surface area (Å²) in [5.41, 5.74) is 5.51. The van der Waals surface area contributed by atoms with Crippen LogP contribution in [0.1, 0.15) is 33.6 Å². The summed E-state index contributed by atoms with van der Waals surface area (Å²) < 4.78 is 0. The summed E-state index contributed by atoms with van der Waals surface area (Å²) in [5.74, 6) is -8.31. The third kappa shape index (κ3) is 9.86. The number of rotatable bonds is 13. The Bertz CT molecular complexity index is 709. The first-order chi connectivity index (χ1) is 14.2. The average Bonchev–Trinajstić information content (AvgIpc) is 2.62. The van der Waals surface area contributed by atoms with Crippen molar-refractivity contribution >= 4 is 35.6 Å². The molecule has 0 radical (unpaired) electrons. The van der Waals surface area contributed by atoms with E-state index in [9.17, 15) is 33.9 Å². The molecule has 176 valence electrons. The van der Waals surface area contributed by atoms with E-state index in [0.717, 1.165) is 0 Å². The fourth-order valence-electron chi connectivity index (χ4n) is 2.30. The minimum absolute atomic E-state index is 0.544. The van der Waals surface area contributed by atoms with Gasteiger partial charge in [0.05, 0.1) is 18.9 Å². The maximum atomic E-state index is 12.6. The largest absolute Gasteiger partial charge is 0.481 e. The van der Waals surface area contributed by atoms with Gasteiger partial charge in [-0.2, -0.15) is 0 Å². The third-order valence-corrected chi connectivity index (χ3v) is 4.07. The first-order valence-corrected chi connectivity index (χ1v) is 9.18. The summed E-state index contributed by atoms with van der Waals surface area (Å²) >= 11 is 0. The molecule has 0 heterocycles. The number of aliphatic hydroxyl groups is 1. The Morgan fingerprint density at radius 1 is 0.742 bits per heavy atom. The summed E-state index contributed by atoms with van der Waals surface area (Å²) in [6.07, 6.45) is -3.14. The first kappa shape index (κ1) is 27.7. The molecule has 0 aliphatic heterocycles. The Labute approximate surface area is 177 Å². The van der Waals surface area contributed by atoms with Gasteiger partial charge in [-0.1, -0.05) is 13.8 Å². The van der Waals surface area contributed by atoms with Crippen LogP contribution in [0.4, 0.5) is 0 Å². The highest BCUT2D eigenvalue weighted by atomic mass is 16.4. The van der Waals surface area contributed by atoms with Gasteiger partial charge in [0.25, 0.3) is 0 Å². The number of carbonyl (C=O) groups is 6. The lowest BCUT2D eigenvalue weighted by molar-refractivity contribution is -0.148. The molecule has 0 saturated heterocycles. The van der Waals surface area contributed by atoms with Crippen molar-refractivity contribution in [3.8, 4) is 0 Å². The number of aliphatic hydroxyl groups excluding tert-OH is 1. The van der Waals surface area contributed by atoms with Crippen molar-refractivity contribution in [1.82, 2.24) is 16.0 Å². The topological polar surface area (TPSA) is 245 Å². The van der Waals surface area contributed by atoms with E-state index in [0.29, 0.717) is 0 Å². The van der Waals surface area contributed by atoms with E-state index < -0.39 is 84.7 Å². The van der Waals surface area contributed by atoms with Crippen LogP contribution in [0.15, 0.2) is 0 Å². The van der Waals surface area contributed by atoms with Gasteiger partial charge in [-0.25, -0.2) is 4.79 Å². The van der Waals surface area contributed by atoms with Crippen molar-refractivity contribution in [2.24, 2.45) is 11.7 Å². The van der Waals surface area contributed by atoms with Crippen molar-refractivity contribution < 1.29 is 49.2 Å². The molecule has 0 aliphatic carbocycles. The Morgan fingerprint density at radius 3 is 1.58 bits per heavy atom. The fraction of sp³-hybridized carbons (Fsp3) is 0.647. The second-order valence-corrected chi connectivity index (χ2v) is 7.15. The lowest BCUT2D eigenvalue weighted by atomic mass is 10.0. The van der Waals surface area contributed by atoms with Crippen molar-refractivity contribution in [2.45, 2.75) is 63.9 Å². The van der Waals surface area contributed by atoms with Crippen LogP contribution < -0.4 is 21.7 Å². The Balaban J connectivity index is 5.49. The van der Waals surface area contributed by atoms with Crippen LogP contribution in [0.2, 0.25) is 0 Å². The number of amides is 3. The van der Waals surface area contributed by atoms with Gasteiger partial charge in [-0.05, 0) is 12.8 Å². The van der Waals surface area contributed by atoms with Crippen LogP contribution >= 0.6 is 0 Å². The summed E-state index contributed by atoms with van der Waals surface area (Å²) in [4.78, 5) is 69.9. The molecule has 14 nitrogen and oxygen atoms in total. The molecule has 5 atom stereocenters. The lowest BCUT2D eigenvalue weighted by Gasteiger charge is -2.26. The van der Waals surface area contributed by atoms with Crippen molar-refractivity contribution in [3.05, 3.63) is 0 Å². The minimum Gasteiger partial charge on any atom is -0.481 e. The Hall–Kier alpha value is -3.26. The number of aliphatic carboxylic acids is 3. The highest BCUT2D eigenvalue weighted by Crippen LogP contribution is 2.06. The molecular formula is C17H28N4O10. The number of carboxylic acids is 3. The highest BCUT2D eigenvalue weighted by molar-refractivity contribution is 5.96. The number of nitrogens with two attached hydrogens (primary N) is 1. The van der Waals surface area contributed by atoms with E-state index in [1.807, 2.05) is 5.32 Å². The number of carboxylic acid groups (broad SMARTS) is 3. The second kappa shape index (κ2) is 12.4. The van der Waals surface area contributed by atoms with Gasteiger partial charge >= 0.3 is 17.9 Å². The van der Waals surface area contributed by atoms with Crippen LogP contribution in [0, 0.1) is 5.92 Å². The zero-order chi connectivity index (χ0) is 24.5. The first-order valence-electron chi connectivity index (χ1n) is 9.18. The van der Waals surface area contributed by atoms with Crippen LogP contribution in [0.25, 0.3) is 0 Å². The fourth-order valence-corrected chi connectivity index (χ4v) is 2.30. The van der Waals surface area contributed by atoms with Gasteiger partial charge < -0.3 is 42.1 Å². The van der Waals surface area contributed by atoms with Crippen LogP contribution in [0.3, 0.4) is 0 Å². The summed E-state index contributed by atoms with van der Waals surface area (Å²) in [6, 6.07) is -6.23. The van der Waals surface area contributed by atoms with Gasteiger partial charge in [-0.15, -0.1) is 0 Å². The van der Waals surface area contributed by atoms with Crippen molar-refractivity contribution in [1.29, 1.82) is 0 Å². The molecule has 0 fully saturated rings. The van der Waals surface area contributed by atoms with E-state index in [1.54, 1.807) is 0 Å². The molecular weight excluding hydrogens is 420 g/mol. The van der Waals surface area contributed by atoms with E-state index in [4.69, 9.17) is 21.1 Å². The van der Waals surface area contributed by atoms with Gasteiger partial charge in [0.15, 0.2) is 0 Å². The highest BCUT2D eigenvalue weighted by Gasteiger charge is 2.33. The molecule has 0 bridgehead atoms. The van der Waals surface area contributed by atoms with Crippen LogP contribution in [-0.2, 0) is 28.8 Å². The molecule has 0 aromatic rings. The van der Waals surface area contributed by atoms with Gasteiger partial charge in [0, 0.05) is 0 Å². The normalized spacial score (nSPS) is 15.7. The quantitative estimate of drug-likeness (QED) is 0.140. The Kier molecular flexibility index (Phi) is 11.1. The zero-order valence-corrected chi connectivity index (χ0v) is 17.2. The standard InChI is InChI=1S/C17H28N4O10/c1-6(2)13(21-15(28)12(18)7(3)22)16(29)19-8(4-10(23)24)14(27)20-9(17(30)31)5-11(25)26/h6-9,12-13,22H,4-5,18H2,1-3H3,(H,19,29)(H,20,27)(H,21,28)(H,23,24)(H,25,26)(H,30,31). The molecule has 0 aromatic heterocycles. The molecule has 0 saturated carbocycles. The predicted molar refractivity (Wildman–Crippen MR) is 102 cm³/mol. The molecule has 0 aromatic carbocycles. The molecule has 14 heteroatoms. The van der Waals surface area contributed by atoms with E-state index >= 15 is 0 Å². The molecule has 0 spiro atoms. The number of hydrogen-bond donors (Lipinski definition) is 8. The Morgan fingerprint density at radius 2 is 1.19 bits per heavy atom. The monoisotopic (exact) mass is 448 g/mol. The van der Waals surface area contributed by atoms with Gasteiger partial charge in [-0.3, -0.25) is 24.0 Å². The second-order valence-electron chi connectivity index (χ2n) is 7.15. The summed E-state index contributed by atoms with van der Waals surface area (Å²) in [6.45, 7) is 4.34. The minimum atomic E-state index is -1.86.